The van der Waals surface area contributed by atoms with Crippen LogP contribution < -0.4 is 10.5 Å². The number of carbonyl (C=O) groups is 1. The third kappa shape index (κ3) is 5.21. The van der Waals surface area contributed by atoms with Crippen LogP contribution in [0, 0.1) is 0 Å². The molecule has 0 radical (unpaired) electrons. The van der Waals surface area contributed by atoms with E-state index in [1.54, 1.807) is 24.3 Å². The minimum atomic E-state index is -0.365. The number of benzene rings is 3. The third-order valence-corrected chi connectivity index (χ3v) is 5.94. The average Bonchev–Trinajstić information content (AvgIpc) is 3.11. The highest BCUT2D eigenvalue weighted by Crippen LogP contribution is 2.31. The summed E-state index contributed by atoms with van der Waals surface area (Å²) in [4.78, 5) is 11.6. The Labute approximate surface area is 198 Å². The van der Waals surface area contributed by atoms with Crippen molar-refractivity contribution in [1.82, 2.24) is 4.57 Å². The van der Waals surface area contributed by atoms with Gasteiger partial charge in [0, 0.05) is 41.0 Å². The predicted molar refractivity (Wildman–Crippen MR) is 132 cm³/mol. The van der Waals surface area contributed by atoms with Crippen LogP contribution in [-0.4, -0.2) is 30.8 Å². The Bertz CT molecular complexity index is 1230. The van der Waals surface area contributed by atoms with E-state index in [4.69, 9.17) is 26.8 Å². The minimum Gasteiger partial charge on any atom is -0.493 e. The summed E-state index contributed by atoms with van der Waals surface area (Å²) in [7, 11) is 1.37. The van der Waals surface area contributed by atoms with E-state index in [2.05, 4.69) is 34.9 Å². The molecule has 0 aliphatic carbocycles. The summed E-state index contributed by atoms with van der Waals surface area (Å²) in [6.07, 6.45) is 1.48. The molecule has 1 heterocycles. The van der Waals surface area contributed by atoms with Gasteiger partial charge in [-0.15, -0.1) is 0 Å². The summed E-state index contributed by atoms with van der Waals surface area (Å²) in [5.41, 5.74) is 11.3. The first-order valence-corrected chi connectivity index (χ1v) is 11.3. The van der Waals surface area contributed by atoms with Gasteiger partial charge in [0.15, 0.2) is 0 Å². The fraction of sp³-hybridized carbons (Fsp3) is 0.222. The van der Waals surface area contributed by atoms with Gasteiger partial charge < -0.3 is 19.8 Å². The van der Waals surface area contributed by atoms with Crippen LogP contribution in [0.25, 0.3) is 10.9 Å². The molecule has 170 valence electrons. The van der Waals surface area contributed by atoms with E-state index in [1.165, 1.54) is 23.9 Å². The number of rotatable bonds is 9. The molecule has 33 heavy (non-hydrogen) atoms. The van der Waals surface area contributed by atoms with Gasteiger partial charge in [-0.25, -0.2) is 4.79 Å². The Kier molecular flexibility index (Phi) is 7.33. The first kappa shape index (κ1) is 22.9. The first-order valence-electron chi connectivity index (χ1n) is 11.0. The van der Waals surface area contributed by atoms with E-state index in [0.717, 1.165) is 23.9 Å². The van der Waals surface area contributed by atoms with Gasteiger partial charge in [-0.3, -0.25) is 0 Å². The molecule has 0 unspecified atom stereocenters. The number of hydrogen-bond acceptors (Lipinski definition) is 4. The van der Waals surface area contributed by atoms with Crippen molar-refractivity contribution in [1.29, 1.82) is 0 Å². The number of aromatic nitrogens is 1. The lowest BCUT2D eigenvalue weighted by molar-refractivity contribution is 0.0600. The van der Waals surface area contributed by atoms with Crippen LogP contribution in [0.4, 0.5) is 0 Å². The highest BCUT2D eigenvalue weighted by atomic mass is 35.5. The van der Waals surface area contributed by atoms with E-state index >= 15 is 0 Å². The molecule has 3 aromatic carbocycles. The SMILES string of the molecule is COC(=O)c1ccc(OCCc2c(CCN)n(Cc3ccccc3)c3ccc(Cl)cc23)cc1. The average molecular weight is 463 g/mol. The van der Waals surface area contributed by atoms with Crippen molar-refractivity contribution in [2.24, 2.45) is 5.73 Å². The van der Waals surface area contributed by atoms with Crippen LogP contribution >= 0.6 is 11.6 Å². The van der Waals surface area contributed by atoms with Gasteiger partial charge in [-0.2, -0.15) is 0 Å². The Morgan fingerprint density at radius 2 is 1.76 bits per heavy atom. The van der Waals surface area contributed by atoms with Crippen molar-refractivity contribution in [3.05, 3.63) is 100 Å². The largest absolute Gasteiger partial charge is 0.493 e. The van der Waals surface area contributed by atoms with E-state index in [1.807, 2.05) is 18.2 Å². The van der Waals surface area contributed by atoms with E-state index in [-0.39, 0.29) is 5.97 Å². The number of methoxy groups -OCH3 is 1. The number of esters is 1. The maximum absolute atomic E-state index is 11.6. The maximum Gasteiger partial charge on any atom is 0.337 e. The zero-order valence-corrected chi connectivity index (χ0v) is 19.3. The number of hydrogen-bond donors (Lipinski definition) is 1. The fourth-order valence-electron chi connectivity index (χ4n) is 4.17. The van der Waals surface area contributed by atoms with Crippen molar-refractivity contribution in [2.75, 3.05) is 20.3 Å². The summed E-state index contributed by atoms with van der Waals surface area (Å²) >= 11 is 6.37. The van der Waals surface area contributed by atoms with Gasteiger partial charge in [0.2, 0.25) is 0 Å². The lowest BCUT2D eigenvalue weighted by Gasteiger charge is -2.13. The van der Waals surface area contributed by atoms with Crippen molar-refractivity contribution in [3.8, 4) is 5.75 Å². The molecule has 0 saturated heterocycles. The van der Waals surface area contributed by atoms with Crippen LogP contribution in [0.1, 0.15) is 27.2 Å². The molecule has 5 nitrogen and oxygen atoms in total. The zero-order valence-electron chi connectivity index (χ0n) is 18.6. The van der Waals surface area contributed by atoms with Crippen LogP contribution in [0.3, 0.4) is 0 Å². The third-order valence-electron chi connectivity index (χ3n) is 5.71. The smallest absolute Gasteiger partial charge is 0.337 e. The van der Waals surface area contributed by atoms with Gasteiger partial charge in [-0.1, -0.05) is 41.9 Å². The minimum absolute atomic E-state index is 0.365. The molecule has 0 amide bonds. The molecular weight excluding hydrogens is 436 g/mol. The number of nitrogens with two attached hydrogens (primary N) is 1. The van der Waals surface area contributed by atoms with Crippen LogP contribution in [0.5, 0.6) is 5.75 Å². The predicted octanol–water partition coefficient (Wildman–Crippen LogP) is 5.25. The van der Waals surface area contributed by atoms with E-state index in [0.29, 0.717) is 35.9 Å². The fourth-order valence-corrected chi connectivity index (χ4v) is 4.35. The van der Waals surface area contributed by atoms with E-state index < -0.39 is 0 Å². The summed E-state index contributed by atoms with van der Waals surface area (Å²) in [5.74, 6) is 0.338. The first-order chi connectivity index (χ1) is 16.1. The van der Waals surface area contributed by atoms with Gasteiger partial charge in [0.05, 0.1) is 19.3 Å². The van der Waals surface area contributed by atoms with Gasteiger partial charge in [-0.05, 0) is 60.1 Å². The lowest BCUT2D eigenvalue weighted by atomic mass is 10.1. The molecule has 0 spiro atoms. The number of ether oxygens (including phenoxy) is 2. The molecule has 2 N–H and O–H groups in total. The Balaban J connectivity index is 1.61. The summed E-state index contributed by atoms with van der Waals surface area (Å²) in [5, 5.41) is 1.84. The highest BCUT2D eigenvalue weighted by molar-refractivity contribution is 6.31. The van der Waals surface area contributed by atoms with Gasteiger partial charge in [0.25, 0.3) is 0 Å². The van der Waals surface area contributed by atoms with Crippen LogP contribution in [0.2, 0.25) is 5.02 Å². The Hall–Kier alpha value is -3.28. The normalized spacial score (nSPS) is 11.0. The number of fused-ring (bicyclic) bond motifs is 1. The van der Waals surface area contributed by atoms with E-state index in [9.17, 15) is 4.79 Å². The molecule has 4 aromatic rings. The molecule has 1 aromatic heterocycles. The molecule has 4 rings (SSSR count). The molecular formula is C27H27ClN2O3. The van der Waals surface area contributed by atoms with Crippen molar-refractivity contribution in [3.63, 3.8) is 0 Å². The Morgan fingerprint density at radius 3 is 2.45 bits per heavy atom. The highest BCUT2D eigenvalue weighted by Gasteiger charge is 2.17. The van der Waals surface area contributed by atoms with Crippen LogP contribution in [0.15, 0.2) is 72.8 Å². The zero-order chi connectivity index (χ0) is 23.2. The lowest BCUT2D eigenvalue weighted by Crippen LogP contribution is -2.13. The van der Waals surface area contributed by atoms with Crippen molar-refractivity contribution >= 4 is 28.5 Å². The van der Waals surface area contributed by atoms with Crippen LogP contribution in [-0.2, 0) is 24.1 Å². The molecule has 0 saturated carbocycles. The Morgan fingerprint density at radius 1 is 1.00 bits per heavy atom. The quantitative estimate of drug-likeness (QED) is 0.345. The summed E-state index contributed by atoms with van der Waals surface area (Å²) in [6, 6.07) is 23.4. The van der Waals surface area contributed by atoms with Gasteiger partial charge in [0.1, 0.15) is 5.75 Å². The van der Waals surface area contributed by atoms with Gasteiger partial charge >= 0.3 is 5.97 Å². The molecule has 6 heteroatoms. The second-order valence-electron chi connectivity index (χ2n) is 7.81. The molecule has 0 aliphatic rings. The second kappa shape index (κ2) is 10.6. The van der Waals surface area contributed by atoms with Crippen molar-refractivity contribution in [2.45, 2.75) is 19.4 Å². The standard InChI is InChI=1S/C27H27ClN2O3/c1-32-27(31)20-7-10-22(11-8-20)33-16-14-23-24-17-21(28)9-12-25(24)30(26(23)13-15-29)18-19-5-3-2-4-6-19/h2-12,17H,13-16,18,29H2,1H3. The second-order valence-corrected chi connectivity index (χ2v) is 8.25. The summed E-state index contributed by atoms with van der Waals surface area (Å²) in [6.45, 7) is 1.82. The summed E-state index contributed by atoms with van der Waals surface area (Å²) < 4.78 is 13.1. The maximum atomic E-state index is 11.6. The van der Waals surface area contributed by atoms with Crippen molar-refractivity contribution < 1.29 is 14.3 Å². The molecule has 0 fully saturated rings. The number of nitrogens with zero attached hydrogens (tertiary/aromatic N) is 1. The molecule has 0 aliphatic heterocycles. The number of carbonyl (C=O) groups excluding carboxylic acids is 1. The topological polar surface area (TPSA) is 66.5 Å². The molecule has 0 bridgehead atoms. The molecule has 0 atom stereocenters. The number of halogens is 1. The monoisotopic (exact) mass is 462 g/mol.